The Morgan fingerprint density at radius 1 is 1.11 bits per heavy atom. The van der Waals surface area contributed by atoms with Gasteiger partial charge in [0.25, 0.3) is 17.4 Å². The van der Waals surface area contributed by atoms with Crippen LogP contribution in [0.5, 0.6) is 0 Å². The SMILES string of the molecule is CSCC(C)NC(=O)c1c(NC(=O)c2ccc(C3=NOC(c4cc(Cl)cc(Cl)c4)(C(F)(F)F)C3)cc2C)sc2c1CCCC2. The molecule has 6 nitrogen and oxygen atoms in total. The van der Waals surface area contributed by atoms with Gasteiger partial charge in [0, 0.05) is 44.3 Å². The molecule has 1 aromatic heterocycles. The van der Waals surface area contributed by atoms with Gasteiger partial charge in [-0.3, -0.25) is 9.59 Å². The highest BCUT2D eigenvalue weighted by molar-refractivity contribution is 7.98. The molecule has 0 saturated carbocycles. The van der Waals surface area contributed by atoms with E-state index in [2.05, 4.69) is 15.8 Å². The van der Waals surface area contributed by atoms with Gasteiger partial charge >= 0.3 is 6.18 Å². The molecule has 234 valence electrons. The van der Waals surface area contributed by atoms with Crippen LogP contribution in [0.4, 0.5) is 18.2 Å². The van der Waals surface area contributed by atoms with Gasteiger partial charge in [0.15, 0.2) is 0 Å². The van der Waals surface area contributed by atoms with Crippen LogP contribution in [0.25, 0.3) is 0 Å². The number of alkyl halides is 3. The van der Waals surface area contributed by atoms with Crippen molar-refractivity contribution in [2.24, 2.45) is 5.16 Å². The Morgan fingerprint density at radius 2 is 1.82 bits per heavy atom. The van der Waals surface area contributed by atoms with Gasteiger partial charge < -0.3 is 15.5 Å². The highest BCUT2D eigenvalue weighted by Crippen LogP contribution is 2.50. The number of fused-ring (bicyclic) bond motifs is 1. The average Bonchev–Trinajstić information content (AvgIpc) is 3.55. The Hall–Kier alpha value is -2.73. The molecule has 0 spiro atoms. The van der Waals surface area contributed by atoms with E-state index in [1.807, 2.05) is 13.2 Å². The Bertz CT molecular complexity index is 1620. The van der Waals surface area contributed by atoms with E-state index >= 15 is 0 Å². The van der Waals surface area contributed by atoms with Crippen molar-refractivity contribution in [3.8, 4) is 0 Å². The van der Waals surface area contributed by atoms with Gasteiger partial charge in [-0.2, -0.15) is 24.9 Å². The van der Waals surface area contributed by atoms with Gasteiger partial charge in [0.2, 0.25) is 0 Å². The second kappa shape index (κ2) is 12.9. The van der Waals surface area contributed by atoms with E-state index in [0.29, 0.717) is 27.3 Å². The third-order valence-corrected chi connectivity index (χ3v) is 10.2. The Morgan fingerprint density at radius 3 is 2.48 bits per heavy atom. The topological polar surface area (TPSA) is 79.8 Å². The van der Waals surface area contributed by atoms with Gasteiger partial charge in [0.05, 0.1) is 11.3 Å². The van der Waals surface area contributed by atoms with Crippen LogP contribution in [0.15, 0.2) is 41.6 Å². The molecule has 5 rings (SSSR count). The number of hydrogen-bond donors (Lipinski definition) is 2. The van der Waals surface area contributed by atoms with Crippen LogP contribution >= 0.6 is 46.3 Å². The number of rotatable bonds is 8. The zero-order valence-corrected chi connectivity index (χ0v) is 27.3. The second-order valence-corrected chi connectivity index (χ2v) is 13.9. The van der Waals surface area contributed by atoms with Crippen LogP contribution in [-0.4, -0.2) is 41.8 Å². The smallest absolute Gasteiger partial charge is 0.374 e. The summed E-state index contributed by atoms with van der Waals surface area (Å²) in [5.74, 6) is 0.141. The van der Waals surface area contributed by atoms with Crippen LogP contribution in [0.3, 0.4) is 0 Å². The fourth-order valence-electron chi connectivity index (χ4n) is 5.60. The molecule has 3 aromatic rings. The highest BCUT2D eigenvalue weighted by Gasteiger charge is 2.62. The second-order valence-electron chi connectivity index (χ2n) is 11.0. The van der Waals surface area contributed by atoms with Gasteiger partial charge in [-0.15, -0.1) is 11.3 Å². The van der Waals surface area contributed by atoms with E-state index in [4.69, 9.17) is 28.0 Å². The maximum atomic E-state index is 14.4. The molecule has 44 heavy (non-hydrogen) atoms. The van der Waals surface area contributed by atoms with Crippen molar-refractivity contribution in [2.45, 2.75) is 63.8 Å². The minimum absolute atomic E-state index is 0.0376. The molecule has 13 heteroatoms. The van der Waals surface area contributed by atoms with Gasteiger partial charge in [0.1, 0.15) is 5.00 Å². The molecule has 2 unspecified atom stereocenters. The van der Waals surface area contributed by atoms with E-state index in [1.54, 1.807) is 36.9 Å². The quantitative estimate of drug-likeness (QED) is 0.249. The van der Waals surface area contributed by atoms with E-state index < -0.39 is 24.1 Å². The van der Waals surface area contributed by atoms with Crippen LogP contribution < -0.4 is 10.6 Å². The summed E-state index contributed by atoms with van der Waals surface area (Å²) in [5, 5.41) is 10.4. The van der Waals surface area contributed by atoms with Gasteiger partial charge in [-0.25, -0.2) is 0 Å². The van der Waals surface area contributed by atoms with Crippen molar-refractivity contribution < 1.29 is 27.6 Å². The number of benzene rings is 2. The highest BCUT2D eigenvalue weighted by atomic mass is 35.5. The standard InChI is InChI=1S/C31H30Cl2F3N3O3S2/c1-16-10-18(24-14-30(42-39-24,31(34,35)36)19-11-20(32)13-21(33)12-19)8-9-22(16)27(40)38-29-26(28(41)37-17(2)15-43-3)23-6-4-5-7-25(23)44-29/h8-13,17H,4-7,14-15H2,1-3H3,(H,37,41)(H,38,40). The van der Waals surface area contributed by atoms with E-state index in [0.717, 1.165) is 41.9 Å². The number of thiophene rings is 1. The molecule has 0 radical (unpaired) electrons. The number of hydrogen-bond acceptors (Lipinski definition) is 6. The van der Waals surface area contributed by atoms with Crippen LogP contribution in [0.1, 0.15) is 74.0 Å². The number of oxime groups is 1. The van der Waals surface area contributed by atoms with E-state index in [9.17, 15) is 22.8 Å². The normalized spacial score (nSPS) is 18.7. The molecule has 2 aliphatic rings. The lowest BCUT2D eigenvalue weighted by atomic mass is 9.86. The first-order valence-electron chi connectivity index (χ1n) is 14.0. The summed E-state index contributed by atoms with van der Waals surface area (Å²) in [6.07, 6.45) is 0.188. The molecule has 2 atom stereocenters. The number of nitrogens with one attached hydrogen (secondary N) is 2. The van der Waals surface area contributed by atoms with Crippen LogP contribution in [-0.2, 0) is 23.3 Å². The molecule has 0 fully saturated rings. The Labute approximate surface area is 271 Å². The van der Waals surface area contributed by atoms with Crippen molar-refractivity contribution in [3.63, 3.8) is 0 Å². The lowest BCUT2D eigenvalue weighted by Crippen LogP contribution is -2.42. The van der Waals surface area contributed by atoms with Crippen LogP contribution in [0, 0.1) is 6.92 Å². The Kier molecular flexibility index (Phi) is 9.61. The summed E-state index contributed by atoms with van der Waals surface area (Å²) < 4.78 is 43.3. The summed E-state index contributed by atoms with van der Waals surface area (Å²) in [6.45, 7) is 3.64. The fraction of sp³-hybridized carbons (Fsp3) is 0.387. The van der Waals surface area contributed by atoms with Crippen LogP contribution in [0.2, 0.25) is 10.0 Å². The maximum Gasteiger partial charge on any atom is 0.435 e. The first kappa shape index (κ1) is 32.7. The van der Waals surface area contributed by atoms with Crippen molar-refractivity contribution >= 4 is 68.8 Å². The third-order valence-electron chi connectivity index (χ3n) is 7.74. The lowest BCUT2D eigenvalue weighted by molar-refractivity contribution is -0.275. The first-order valence-corrected chi connectivity index (χ1v) is 16.9. The maximum absolute atomic E-state index is 14.4. The molecule has 0 saturated heterocycles. The number of thioether (sulfide) groups is 1. The summed E-state index contributed by atoms with van der Waals surface area (Å²) >= 11 is 15.1. The molecule has 2 N–H and O–H groups in total. The molecule has 0 bridgehead atoms. The fourth-order valence-corrected chi connectivity index (χ4v) is 7.99. The molecule has 1 aliphatic carbocycles. The number of anilines is 1. The summed E-state index contributed by atoms with van der Waals surface area (Å²) in [5.41, 5.74) is -0.206. The zero-order valence-electron chi connectivity index (χ0n) is 24.2. The number of carbonyl (C=O) groups is 2. The molecule has 2 amide bonds. The van der Waals surface area contributed by atoms with Crippen molar-refractivity contribution in [2.75, 3.05) is 17.3 Å². The number of amides is 2. The number of nitrogens with zero attached hydrogens (tertiary/aromatic N) is 1. The predicted octanol–water partition coefficient (Wildman–Crippen LogP) is 8.56. The number of halogens is 5. The van der Waals surface area contributed by atoms with Crippen molar-refractivity contribution in [1.29, 1.82) is 0 Å². The predicted molar refractivity (Wildman–Crippen MR) is 172 cm³/mol. The molecule has 2 heterocycles. The molecule has 1 aliphatic heterocycles. The minimum atomic E-state index is -4.82. The Balaban J connectivity index is 1.39. The summed E-state index contributed by atoms with van der Waals surface area (Å²) in [7, 11) is 0. The summed E-state index contributed by atoms with van der Waals surface area (Å²) in [4.78, 5) is 33.1. The number of aryl methyl sites for hydroxylation is 2. The monoisotopic (exact) mass is 683 g/mol. The van der Waals surface area contributed by atoms with E-state index in [1.165, 1.54) is 29.5 Å². The molecule has 2 aromatic carbocycles. The minimum Gasteiger partial charge on any atom is -0.374 e. The van der Waals surface area contributed by atoms with Gasteiger partial charge in [-0.1, -0.05) is 34.4 Å². The summed E-state index contributed by atoms with van der Waals surface area (Å²) in [6, 6.07) is 8.32. The molecular formula is C31H30Cl2F3N3O3S2. The van der Waals surface area contributed by atoms with Crippen molar-refractivity contribution in [3.05, 3.63) is 84.7 Å². The lowest BCUT2D eigenvalue weighted by Gasteiger charge is -2.29. The number of carbonyl (C=O) groups excluding carboxylic acids is 2. The largest absolute Gasteiger partial charge is 0.435 e. The zero-order chi connectivity index (χ0) is 31.8. The average molecular weight is 685 g/mol. The third kappa shape index (κ3) is 6.47. The van der Waals surface area contributed by atoms with E-state index in [-0.39, 0.29) is 33.3 Å². The first-order chi connectivity index (χ1) is 20.8. The van der Waals surface area contributed by atoms with Gasteiger partial charge in [-0.05, 0) is 92.8 Å². The van der Waals surface area contributed by atoms with Crippen molar-refractivity contribution in [1.82, 2.24) is 5.32 Å². The molecular weight excluding hydrogens is 654 g/mol.